The maximum Gasteiger partial charge on any atom is 0.0721 e. The molecule has 0 amide bonds. The molecule has 6 heavy (non-hydrogen) atoms. The van der Waals surface area contributed by atoms with Gasteiger partial charge in [-0.05, 0) is 5.37 Å². The van der Waals surface area contributed by atoms with Crippen LogP contribution in [0.1, 0.15) is 6.42 Å². The van der Waals surface area contributed by atoms with Crippen molar-refractivity contribution in [2.45, 2.75) is 6.42 Å². The van der Waals surface area contributed by atoms with Crippen LogP contribution in [0.25, 0.3) is 0 Å². The van der Waals surface area contributed by atoms with Crippen LogP contribution >= 0.6 is 12.2 Å². The molecule has 3 heteroatoms. The van der Waals surface area contributed by atoms with Crippen LogP contribution in [0.3, 0.4) is 0 Å². The number of hydrogen-bond donors (Lipinski definition) is 1. The summed E-state index contributed by atoms with van der Waals surface area (Å²) >= 11 is 4.46. The first-order valence-electron chi connectivity index (χ1n) is 1.67. The summed E-state index contributed by atoms with van der Waals surface area (Å²) in [5, 5.41) is 1.59. The number of thiocarbonyl (C=S) groups is 1. The van der Waals surface area contributed by atoms with Gasteiger partial charge in [0.15, 0.2) is 0 Å². The SMILES string of the molecule is NOCCC=S. The molecule has 0 aliphatic rings. The Morgan fingerprint density at radius 2 is 2.50 bits per heavy atom. The minimum atomic E-state index is 0.531. The smallest absolute Gasteiger partial charge is 0.0721 e. The van der Waals surface area contributed by atoms with Gasteiger partial charge in [0.1, 0.15) is 0 Å². The molecule has 0 fully saturated rings. The number of rotatable bonds is 3. The lowest BCUT2D eigenvalue weighted by Crippen LogP contribution is -1.99. The maximum absolute atomic E-state index is 4.65. The zero-order chi connectivity index (χ0) is 4.83. The minimum absolute atomic E-state index is 0.531. The van der Waals surface area contributed by atoms with Crippen molar-refractivity contribution in [3.05, 3.63) is 0 Å². The van der Waals surface area contributed by atoms with E-state index in [0.717, 1.165) is 6.42 Å². The highest BCUT2D eigenvalue weighted by molar-refractivity contribution is 7.78. The van der Waals surface area contributed by atoms with E-state index in [1.54, 1.807) is 5.37 Å². The molecule has 0 aliphatic carbocycles. The van der Waals surface area contributed by atoms with E-state index in [2.05, 4.69) is 23.0 Å². The van der Waals surface area contributed by atoms with Gasteiger partial charge in [-0.15, -0.1) is 0 Å². The third-order valence-corrected chi connectivity index (χ3v) is 0.589. The molecule has 2 nitrogen and oxygen atoms in total. The summed E-state index contributed by atoms with van der Waals surface area (Å²) in [7, 11) is 0. The van der Waals surface area contributed by atoms with Gasteiger partial charge in [-0.2, -0.15) is 0 Å². The summed E-state index contributed by atoms with van der Waals surface area (Å²) in [5.74, 6) is 4.65. The van der Waals surface area contributed by atoms with Gasteiger partial charge in [-0.25, -0.2) is 5.90 Å². The predicted octanol–water partition coefficient (Wildman–Crippen LogP) is 0.267. The van der Waals surface area contributed by atoms with Crippen molar-refractivity contribution >= 4 is 17.6 Å². The second kappa shape index (κ2) is 5.01. The largest absolute Gasteiger partial charge is 0.304 e. The summed E-state index contributed by atoms with van der Waals surface area (Å²) in [5.41, 5.74) is 0. The molecule has 0 aromatic heterocycles. The van der Waals surface area contributed by atoms with Gasteiger partial charge in [-0.1, -0.05) is 12.2 Å². The van der Waals surface area contributed by atoms with Crippen LogP contribution in [0.2, 0.25) is 0 Å². The molecule has 0 saturated heterocycles. The highest BCUT2D eigenvalue weighted by Crippen LogP contribution is 1.68. The molecule has 0 heterocycles. The minimum Gasteiger partial charge on any atom is -0.304 e. The number of nitrogens with two attached hydrogens (primary N) is 1. The van der Waals surface area contributed by atoms with E-state index < -0.39 is 0 Å². The van der Waals surface area contributed by atoms with Crippen LogP contribution in [-0.2, 0) is 4.84 Å². The van der Waals surface area contributed by atoms with Crippen molar-refractivity contribution in [1.29, 1.82) is 0 Å². The van der Waals surface area contributed by atoms with Crippen LogP contribution in [0, 0.1) is 0 Å². The van der Waals surface area contributed by atoms with Crippen molar-refractivity contribution in [3.8, 4) is 0 Å². The fraction of sp³-hybridized carbons (Fsp3) is 0.667. The second-order valence-corrected chi connectivity index (χ2v) is 1.16. The van der Waals surface area contributed by atoms with Crippen LogP contribution in [0.15, 0.2) is 0 Å². The summed E-state index contributed by atoms with van der Waals surface area (Å²) in [4.78, 5) is 4.18. The molecule has 0 atom stereocenters. The normalized spacial score (nSPS) is 8.17. The number of hydrogen-bond acceptors (Lipinski definition) is 3. The lowest BCUT2D eigenvalue weighted by atomic mass is 10.5. The molecule has 0 bridgehead atoms. The standard InChI is InChI=1S/C3H7NOS/c4-5-2-1-3-6/h3H,1-2,4H2. The average Bonchev–Trinajstić information content (AvgIpc) is 1.61. The summed E-state index contributed by atoms with van der Waals surface area (Å²) < 4.78 is 0. The first kappa shape index (κ1) is 6.01. The first-order chi connectivity index (χ1) is 2.91. The Morgan fingerprint density at radius 3 is 2.67 bits per heavy atom. The van der Waals surface area contributed by atoms with Crippen LogP contribution in [-0.4, -0.2) is 12.0 Å². The zero-order valence-corrected chi connectivity index (χ0v) is 4.20. The zero-order valence-electron chi connectivity index (χ0n) is 3.39. The Labute approximate surface area is 42.2 Å². The van der Waals surface area contributed by atoms with E-state index in [-0.39, 0.29) is 0 Å². The summed E-state index contributed by atoms with van der Waals surface area (Å²) in [6.45, 7) is 0.531. The van der Waals surface area contributed by atoms with E-state index in [1.165, 1.54) is 0 Å². The molecule has 0 aromatic carbocycles. The lowest BCUT2D eigenvalue weighted by Gasteiger charge is -1.84. The lowest BCUT2D eigenvalue weighted by molar-refractivity contribution is 0.146. The van der Waals surface area contributed by atoms with Crippen molar-refractivity contribution in [2.24, 2.45) is 5.90 Å². The maximum atomic E-state index is 4.65. The second-order valence-electron chi connectivity index (χ2n) is 0.826. The fourth-order valence-electron chi connectivity index (χ4n) is 0.116. The van der Waals surface area contributed by atoms with Gasteiger partial charge < -0.3 is 4.84 Å². The van der Waals surface area contributed by atoms with Gasteiger partial charge >= 0.3 is 0 Å². The van der Waals surface area contributed by atoms with E-state index in [0.29, 0.717) is 6.61 Å². The Kier molecular flexibility index (Phi) is 5.02. The van der Waals surface area contributed by atoms with Crippen molar-refractivity contribution in [2.75, 3.05) is 6.61 Å². The van der Waals surface area contributed by atoms with Gasteiger partial charge in [0, 0.05) is 6.42 Å². The average molecular weight is 105 g/mol. The third kappa shape index (κ3) is 4.01. The van der Waals surface area contributed by atoms with E-state index in [4.69, 9.17) is 0 Å². The van der Waals surface area contributed by atoms with E-state index in [1.807, 2.05) is 0 Å². The highest BCUT2D eigenvalue weighted by Gasteiger charge is 1.72. The highest BCUT2D eigenvalue weighted by atomic mass is 32.1. The van der Waals surface area contributed by atoms with Gasteiger partial charge in [-0.3, -0.25) is 0 Å². The van der Waals surface area contributed by atoms with Crippen LogP contribution < -0.4 is 5.90 Å². The summed E-state index contributed by atoms with van der Waals surface area (Å²) in [6, 6.07) is 0. The summed E-state index contributed by atoms with van der Waals surface area (Å²) in [6.07, 6.45) is 0.756. The van der Waals surface area contributed by atoms with Crippen molar-refractivity contribution in [3.63, 3.8) is 0 Å². The molecule has 0 rings (SSSR count). The van der Waals surface area contributed by atoms with Crippen molar-refractivity contribution < 1.29 is 4.84 Å². The third-order valence-electron chi connectivity index (χ3n) is 0.354. The quantitative estimate of drug-likeness (QED) is 0.318. The van der Waals surface area contributed by atoms with Crippen LogP contribution in [0.5, 0.6) is 0 Å². The fourth-order valence-corrected chi connectivity index (χ4v) is 0.212. The van der Waals surface area contributed by atoms with E-state index in [9.17, 15) is 0 Å². The molecule has 36 valence electrons. The molecular formula is C3H7NOS. The van der Waals surface area contributed by atoms with E-state index >= 15 is 0 Å². The van der Waals surface area contributed by atoms with Gasteiger partial charge in [0.2, 0.25) is 0 Å². The molecule has 2 N–H and O–H groups in total. The Morgan fingerprint density at radius 1 is 1.83 bits per heavy atom. The molecule has 0 aromatic rings. The Bertz CT molecular complexity index is 39.8. The Balaban J connectivity index is 2.49. The predicted molar refractivity (Wildman–Crippen MR) is 28.4 cm³/mol. The van der Waals surface area contributed by atoms with Crippen LogP contribution in [0.4, 0.5) is 0 Å². The van der Waals surface area contributed by atoms with Gasteiger partial charge in [0.05, 0.1) is 6.61 Å². The molecule has 0 saturated carbocycles. The molecule has 0 radical (unpaired) electrons. The Hall–Kier alpha value is 0.01000. The van der Waals surface area contributed by atoms with Gasteiger partial charge in [0.25, 0.3) is 0 Å². The topological polar surface area (TPSA) is 35.2 Å². The monoisotopic (exact) mass is 105 g/mol. The molecule has 0 spiro atoms. The molecule has 0 unspecified atom stereocenters. The first-order valence-corrected chi connectivity index (χ1v) is 2.14. The molecular weight excluding hydrogens is 98.1 g/mol. The van der Waals surface area contributed by atoms with Crippen molar-refractivity contribution in [1.82, 2.24) is 0 Å². The molecule has 0 aliphatic heterocycles.